The molecule has 0 saturated carbocycles. The van der Waals surface area contributed by atoms with E-state index in [9.17, 15) is 4.79 Å². The van der Waals surface area contributed by atoms with Crippen molar-refractivity contribution in [2.75, 3.05) is 25.6 Å². The van der Waals surface area contributed by atoms with E-state index in [1.165, 1.54) is 0 Å². The van der Waals surface area contributed by atoms with Crippen LogP contribution in [-0.4, -0.2) is 26.2 Å². The molecule has 0 bridgehead atoms. The molecule has 1 amide bonds. The van der Waals surface area contributed by atoms with Crippen LogP contribution in [0.25, 0.3) is 0 Å². The lowest BCUT2D eigenvalue weighted by atomic mass is 10.2. The highest BCUT2D eigenvalue weighted by Crippen LogP contribution is 2.19. The van der Waals surface area contributed by atoms with Crippen molar-refractivity contribution in [1.82, 2.24) is 0 Å². The Hall–Kier alpha value is -2.83. The van der Waals surface area contributed by atoms with Crippen LogP contribution < -0.4 is 14.8 Å². The third-order valence-electron chi connectivity index (χ3n) is 3.73. The number of carbonyl (C=O) groups excluding carboxylic acids is 1. The van der Waals surface area contributed by atoms with Crippen molar-refractivity contribution >= 4 is 22.9 Å². The number of anilines is 1. The Balaban J connectivity index is 1.56. The van der Waals surface area contributed by atoms with Gasteiger partial charge in [0.05, 0.1) is 6.61 Å². The largest absolute Gasteiger partial charge is 0.491 e. The van der Waals surface area contributed by atoms with Gasteiger partial charge >= 0.3 is 0 Å². The topological polar surface area (TPSA) is 56.8 Å². The summed E-state index contributed by atoms with van der Waals surface area (Å²) in [6, 6.07) is 18.4. The highest BCUT2D eigenvalue weighted by molar-refractivity contribution is 7.09. The second-order valence-corrected chi connectivity index (χ2v) is 6.75. The van der Waals surface area contributed by atoms with Gasteiger partial charge in [0.1, 0.15) is 24.7 Å². The second kappa shape index (κ2) is 9.75. The van der Waals surface area contributed by atoms with Crippen molar-refractivity contribution in [3.05, 3.63) is 76.5 Å². The molecule has 0 aliphatic heterocycles. The maximum absolute atomic E-state index is 12.5. The molecule has 0 unspecified atom stereocenters. The summed E-state index contributed by atoms with van der Waals surface area (Å²) in [4.78, 5) is 13.6. The third kappa shape index (κ3) is 5.84. The van der Waals surface area contributed by atoms with Gasteiger partial charge in [-0.1, -0.05) is 12.1 Å². The lowest BCUT2D eigenvalue weighted by Crippen LogP contribution is -2.12. The van der Waals surface area contributed by atoms with E-state index >= 15 is 0 Å². The summed E-state index contributed by atoms with van der Waals surface area (Å²) in [5.41, 5.74) is 1.24. The van der Waals surface area contributed by atoms with E-state index in [2.05, 4.69) is 5.32 Å². The summed E-state index contributed by atoms with van der Waals surface area (Å²) in [6.07, 6.45) is 0. The molecule has 0 fully saturated rings. The first-order valence-electron chi connectivity index (χ1n) is 8.53. The Morgan fingerprint density at radius 3 is 2.56 bits per heavy atom. The van der Waals surface area contributed by atoms with E-state index < -0.39 is 0 Å². The summed E-state index contributed by atoms with van der Waals surface area (Å²) in [7, 11) is 1.63. The number of hydrogen-bond acceptors (Lipinski definition) is 5. The normalized spacial score (nSPS) is 10.4. The van der Waals surface area contributed by atoms with Crippen LogP contribution in [-0.2, 0) is 11.3 Å². The molecular formula is C21H21NO4S. The summed E-state index contributed by atoms with van der Waals surface area (Å²) in [6.45, 7) is 1.51. The average Bonchev–Trinajstić information content (AvgIpc) is 3.22. The first kappa shape index (κ1) is 18.9. The number of carbonyl (C=O) groups is 1. The molecule has 3 rings (SSSR count). The molecule has 27 heavy (non-hydrogen) atoms. The lowest BCUT2D eigenvalue weighted by Gasteiger charge is -2.09. The van der Waals surface area contributed by atoms with Crippen molar-refractivity contribution in [2.24, 2.45) is 0 Å². The Kier molecular flexibility index (Phi) is 6.84. The highest BCUT2D eigenvalue weighted by Gasteiger charge is 2.08. The van der Waals surface area contributed by atoms with Crippen molar-refractivity contribution in [3.63, 3.8) is 0 Å². The number of ether oxygens (including phenoxy) is 3. The number of nitrogens with one attached hydrogen (secondary N) is 1. The van der Waals surface area contributed by atoms with Crippen molar-refractivity contribution in [1.29, 1.82) is 0 Å². The zero-order valence-electron chi connectivity index (χ0n) is 15.0. The van der Waals surface area contributed by atoms with Crippen LogP contribution in [0.1, 0.15) is 15.2 Å². The molecule has 0 aliphatic rings. The van der Waals surface area contributed by atoms with Gasteiger partial charge in [-0.05, 0) is 53.9 Å². The third-order valence-corrected chi connectivity index (χ3v) is 4.58. The SMILES string of the molecule is COCCOc1ccc(NC(=O)c2cccc(OCc3cccs3)c2)cc1. The van der Waals surface area contributed by atoms with Crippen LogP contribution in [0.4, 0.5) is 5.69 Å². The summed E-state index contributed by atoms with van der Waals surface area (Å²) in [5, 5.41) is 4.89. The zero-order valence-corrected chi connectivity index (χ0v) is 15.8. The molecule has 1 N–H and O–H groups in total. The number of rotatable bonds is 9. The van der Waals surface area contributed by atoms with E-state index in [-0.39, 0.29) is 5.91 Å². The van der Waals surface area contributed by atoms with Crippen LogP contribution in [0, 0.1) is 0 Å². The first-order valence-corrected chi connectivity index (χ1v) is 9.41. The smallest absolute Gasteiger partial charge is 0.255 e. The van der Waals surface area contributed by atoms with Gasteiger partial charge in [-0.25, -0.2) is 0 Å². The van der Waals surface area contributed by atoms with Gasteiger partial charge in [0.2, 0.25) is 0 Å². The van der Waals surface area contributed by atoms with Gasteiger partial charge in [-0.15, -0.1) is 11.3 Å². The van der Waals surface area contributed by atoms with E-state index in [1.54, 1.807) is 42.7 Å². The molecule has 0 atom stereocenters. The Morgan fingerprint density at radius 2 is 1.81 bits per heavy atom. The maximum atomic E-state index is 12.5. The van der Waals surface area contributed by atoms with Crippen LogP contribution >= 0.6 is 11.3 Å². The summed E-state index contributed by atoms with van der Waals surface area (Å²) >= 11 is 1.64. The Morgan fingerprint density at radius 1 is 0.963 bits per heavy atom. The molecule has 0 aliphatic carbocycles. The standard InChI is InChI=1S/C21H21NO4S/c1-24-11-12-25-18-9-7-17(8-10-18)22-21(23)16-4-2-5-19(14-16)26-15-20-6-3-13-27-20/h2-10,13-14H,11-12,15H2,1H3,(H,22,23). The molecule has 0 spiro atoms. The number of thiophene rings is 1. The minimum Gasteiger partial charge on any atom is -0.491 e. The summed E-state index contributed by atoms with van der Waals surface area (Å²) in [5.74, 6) is 1.21. The molecule has 5 nitrogen and oxygen atoms in total. The van der Waals surface area contributed by atoms with Crippen LogP contribution in [0.5, 0.6) is 11.5 Å². The van der Waals surface area contributed by atoms with Crippen molar-refractivity contribution < 1.29 is 19.0 Å². The molecule has 0 saturated heterocycles. The molecule has 2 aromatic carbocycles. The molecule has 1 aromatic heterocycles. The van der Waals surface area contributed by atoms with Gasteiger partial charge in [0.25, 0.3) is 5.91 Å². The molecule has 6 heteroatoms. The fourth-order valence-electron chi connectivity index (χ4n) is 2.36. The maximum Gasteiger partial charge on any atom is 0.255 e. The predicted molar refractivity (Wildman–Crippen MR) is 107 cm³/mol. The van der Waals surface area contributed by atoms with Crippen LogP contribution in [0.2, 0.25) is 0 Å². The predicted octanol–water partition coefficient (Wildman–Crippen LogP) is 4.60. The van der Waals surface area contributed by atoms with E-state index in [0.717, 1.165) is 10.6 Å². The summed E-state index contributed by atoms with van der Waals surface area (Å²) < 4.78 is 16.2. The minimum atomic E-state index is -0.190. The number of methoxy groups -OCH3 is 1. The molecule has 140 valence electrons. The second-order valence-electron chi connectivity index (χ2n) is 5.72. The van der Waals surface area contributed by atoms with E-state index in [0.29, 0.717) is 36.8 Å². The van der Waals surface area contributed by atoms with Gasteiger partial charge in [-0.2, -0.15) is 0 Å². The fraction of sp³-hybridized carbons (Fsp3) is 0.190. The van der Waals surface area contributed by atoms with Crippen LogP contribution in [0.15, 0.2) is 66.0 Å². The van der Waals surface area contributed by atoms with Crippen molar-refractivity contribution in [3.8, 4) is 11.5 Å². The van der Waals surface area contributed by atoms with Crippen molar-refractivity contribution in [2.45, 2.75) is 6.61 Å². The Labute approximate surface area is 162 Å². The van der Waals surface area contributed by atoms with Gasteiger partial charge in [0, 0.05) is 23.2 Å². The highest BCUT2D eigenvalue weighted by atomic mass is 32.1. The zero-order chi connectivity index (χ0) is 18.9. The number of amides is 1. The van der Waals surface area contributed by atoms with Gasteiger partial charge in [0.15, 0.2) is 0 Å². The monoisotopic (exact) mass is 383 g/mol. The van der Waals surface area contributed by atoms with Gasteiger partial charge in [-0.3, -0.25) is 4.79 Å². The van der Waals surface area contributed by atoms with Crippen LogP contribution in [0.3, 0.4) is 0 Å². The van der Waals surface area contributed by atoms with Gasteiger partial charge < -0.3 is 19.5 Å². The van der Waals surface area contributed by atoms with E-state index in [4.69, 9.17) is 14.2 Å². The molecule has 1 heterocycles. The lowest BCUT2D eigenvalue weighted by molar-refractivity contribution is 0.102. The number of hydrogen-bond donors (Lipinski definition) is 1. The molecule has 3 aromatic rings. The first-order chi connectivity index (χ1) is 13.2. The quantitative estimate of drug-likeness (QED) is 0.549. The number of benzene rings is 2. The van der Waals surface area contributed by atoms with E-state index in [1.807, 2.05) is 41.8 Å². The molecular weight excluding hydrogens is 362 g/mol. The average molecular weight is 383 g/mol. The molecule has 0 radical (unpaired) electrons. The fourth-order valence-corrected chi connectivity index (χ4v) is 2.97. The minimum absolute atomic E-state index is 0.190. The Bertz CT molecular complexity index is 847.